The molecule has 2 aromatic heterocycles. The van der Waals surface area contributed by atoms with Gasteiger partial charge in [-0.05, 0) is 19.1 Å². The topological polar surface area (TPSA) is 105 Å². The van der Waals surface area contributed by atoms with Gasteiger partial charge in [0.25, 0.3) is 11.6 Å². The van der Waals surface area contributed by atoms with E-state index in [1.54, 1.807) is 30.1 Å². The molecule has 0 saturated carbocycles. The van der Waals surface area contributed by atoms with Crippen LogP contribution in [-0.2, 0) is 17.8 Å². The molecule has 0 N–H and O–H groups in total. The van der Waals surface area contributed by atoms with Gasteiger partial charge in [-0.25, -0.2) is 0 Å². The smallest absolute Gasteiger partial charge is 0.297 e. The number of carbonyl (C=O) groups is 1. The molecule has 3 aromatic rings. The van der Waals surface area contributed by atoms with E-state index < -0.39 is 10.8 Å². The normalized spacial score (nSPS) is 12.0. The first-order chi connectivity index (χ1) is 12.5. The van der Waals surface area contributed by atoms with Crippen LogP contribution in [-0.4, -0.2) is 38.9 Å². The number of hydrogen-bond acceptors (Lipinski definition) is 6. The summed E-state index contributed by atoms with van der Waals surface area (Å²) < 4.78 is 9.22. The maximum absolute atomic E-state index is 12.6. The van der Waals surface area contributed by atoms with Crippen LogP contribution in [0.2, 0.25) is 0 Å². The van der Waals surface area contributed by atoms with Gasteiger partial charge in [-0.1, -0.05) is 11.3 Å². The lowest BCUT2D eigenvalue weighted by Gasteiger charge is -2.04. The summed E-state index contributed by atoms with van der Waals surface area (Å²) in [6, 6.07) is 6.21. The molecular weight excluding hydrogens is 358 g/mol. The molecule has 0 radical (unpaired) electrons. The van der Waals surface area contributed by atoms with Gasteiger partial charge in [0.1, 0.15) is 5.69 Å². The van der Waals surface area contributed by atoms with Crippen LogP contribution in [0.5, 0.6) is 0 Å². The molecular formula is C16H17N5O4S. The molecule has 0 aliphatic heterocycles. The van der Waals surface area contributed by atoms with Crippen LogP contribution >= 0.6 is 11.3 Å². The number of rotatable bonds is 6. The number of carbonyl (C=O) groups excluding carboxylic acids is 1. The van der Waals surface area contributed by atoms with Crippen LogP contribution in [0, 0.1) is 10.1 Å². The first kappa shape index (κ1) is 18.0. The zero-order valence-corrected chi connectivity index (χ0v) is 15.1. The van der Waals surface area contributed by atoms with Crippen LogP contribution in [0.3, 0.4) is 0 Å². The van der Waals surface area contributed by atoms with Crippen molar-refractivity contribution in [2.45, 2.75) is 20.0 Å². The molecule has 0 unspecified atom stereocenters. The van der Waals surface area contributed by atoms with Gasteiger partial charge in [-0.15, -0.1) is 0 Å². The second kappa shape index (κ2) is 7.58. The minimum absolute atomic E-state index is 0.000391. The van der Waals surface area contributed by atoms with Crippen molar-refractivity contribution in [3.05, 3.63) is 51.1 Å². The Labute approximate surface area is 152 Å². The third-order valence-corrected chi connectivity index (χ3v) is 4.87. The lowest BCUT2D eigenvalue weighted by molar-refractivity contribution is -0.384. The molecule has 0 aliphatic carbocycles. The minimum Gasteiger partial charge on any atom is -0.383 e. The molecule has 1 amide bonds. The van der Waals surface area contributed by atoms with E-state index in [-0.39, 0.29) is 5.69 Å². The summed E-state index contributed by atoms with van der Waals surface area (Å²) in [5.74, 6) is -0.406. The summed E-state index contributed by atoms with van der Waals surface area (Å²) in [6.07, 6.45) is 1.56. The van der Waals surface area contributed by atoms with Crippen molar-refractivity contribution in [1.29, 1.82) is 0 Å². The molecule has 0 atom stereocenters. The summed E-state index contributed by atoms with van der Waals surface area (Å²) in [7, 11) is 1.59. The molecule has 136 valence electrons. The Morgan fingerprint density at radius 3 is 2.92 bits per heavy atom. The summed E-state index contributed by atoms with van der Waals surface area (Å²) in [4.78, 5) is 27.8. The number of aromatic nitrogens is 3. The van der Waals surface area contributed by atoms with E-state index in [1.165, 1.54) is 23.5 Å². The highest BCUT2D eigenvalue weighted by Crippen LogP contribution is 2.23. The maximum Gasteiger partial charge on any atom is 0.297 e. The molecule has 0 saturated heterocycles. The minimum atomic E-state index is -0.444. The van der Waals surface area contributed by atoms with Gasteiger partial charge in [-0.2, -0.15) is 10.1 Å². The summed E-state index contributed by atoms with van der Waals surface area (Å²) in [6.45, 7) is 3.36. The zero-order valence-electron chi connectivity index (χ0n) is 14.3. The molecule has 0 bridgehead atoms. The van der Waals surface area contributed by atoms with E-state index in [2.05, 4.69) is 10.1 Å². The van der Waals surface area contributed by atoms with Gasteiger partial charge in [0.2, 0.25) is 0 Å². The van der Waals surface area contributed by atoms with Crippen LogP contribution < -0.4 is 4.80 Å². The molecule has 9 nitrogen and oxygen atoms in total. The molecule has 0 fully saturated rings. The number of aryl methyl sites for hydroxylation is 1. The predicted octanol–water partition coefficient (Wildman–Crippen LogP) is 2.21. The fraction of sp³-hybridized carbons (Fsp3) is 0.312. The fourth-order valence-corrected chi connectivity index (χ4v) is 3.66. The van der Waals surface area contributed by atoms with E-state index in [0.29, 0.717) is 34.9 Å². The van der Waals surface area contributed by atoms with Crippen LogP contribution in [0.1, 0.15) is 17.4 Å². The van der Waals surface area contributed by atoms with Crippen molar-refractivity contribution in [2.75, 3.05) is 13.7 Å². The van der Waals surface area contributed by atoms with Gasteiger partial charge < -0.3 is 9.30 Å². The third kappa shape index (κ3) is 3.41. The van der Waals surface area contributed by atoms with Crippen molar-refractivity contribution in [3.63, 3.8) is 0 Å². The predicted molar refractivity (Wildman–Crippen MR) is 96.1 cm³/mol. The standard InChI is InChI=1S/C16H17N5O4S/c1-3-20-13(6-7-17-20)15(22)18-16-19(8-9-25-2)12-5-4-11(21(23)24)10-14(12)26-16/h4-7,10H,3,8-9H2,1-2H3. The molecule has 3 rings (SSSR count). The van der Waals surface area contributed by atoms with E-state index in [1.807, 2.05) is 11.5 Å². The maximum atomic E-state index is 12.6. The second-order valence-corrected chi connectivity index (χ2v) is 6.40. The first-order valence-electron chi connectivity index (χ1n) is 7.92. The second-order valence-electron chi connectivity index (χ2n) is 5.39. The number of ether oxygens (including phenoxy) is 1. The van der Waals surface area contributed by atoms with E-state index in [0.717, 1.165) is 5.52 Å². The molecule has 10 heteroatoms. The van der Waals surface area contributed by atoms with Crippen LogP contribution in [0.15, 0.2) is 35.5 Å². The lowest BCUT2D eigenvalue weighted by Crippen LogP contribution is -2.20. The van der Waals surface area contributed by atoms with Crippen molar-refractivity contribution < 1.29 is 14.5 Å². The Morgan fingerprint density at radius 2 is 2.23 bits per heavy atom. The molecule has 0 spiro atoms. The Bertz CT molecular complexity index is 1030. The van der Waals surface area contributed by atoms with E-state index >= 15 is 0 Å². The number of fused-ring (bicyclic) bond motifs is 1. The third-order valence-electron chi connectivity index (χ3n) is 3.83. The average molecular weight is 375 g/mol. The van der Waals surface area contributed by atoms with Gasteiger partial charge in [0.15, 0.2) is 4.80 Å². The lowest BCUT2D eigenvalue weighted by atomic mass is 10.3. The SMILES string of the molecule is CCn1nccc1C(=O)N=c1sc2cc([N+](=O)[O-])ccc2n1CCOC. The van der Waals surface area contributed by atoms with Crippen molar-refractivity contribution in [1.82, 2.24) is 14.3 Å². The quantitative estimate of drug-likeness (QED) is 0.485. The van der Waals surface area contributed by atoms with E-state index in [9.17, 15) is 14.9 Å². The number of thiazole rings is 1. The van der Waals surface area contributed by atoms with Crippen LogP contribution in [0.25, 0.3) is 10.2 Å². The number of hydrogen-bond donors (Lipinski definition) is 0. The monoisotopic (exact) mass is 375 g/mol. The molecule has 2 heterocycles. The Kier molecular flexibility index (Phi) is 5.24. The number of amides is 1. The van der Waals surface area contributed by atoms with Gasteiger partial charge >= 0.3 is 0 Å². The van der Waals surface area contributed by atoms with Crippen molar-refractivity contribution in [2.24, 2.45) is 4.99 Å². The summed E-state index contributed by atoms with van der Waals surface area (Å²) in [5, 5.41) is 15.1. The van der Waals surface area contributed by atoms with Crippen LogP contribution in [0.4, 0.5) is 5.69 Å². The first-order valence-corrected chi connectivity index (χ1v) is 8.74. The molecule has 1 aromatic carbocycles. The largest absolute Gasteiger partial charge is 0.383 e. The Morgan fingerprint density at radius 1 is 1.42 bits per heavy atom. The highest BCUT2D eigenvalue weighted by atomic mass is 32.1. The fourth-order valence-electron chi connectivity index (χ4n) is 2.57. The zero-order chi connectivity index (χ0) is 18.7. The van der Waals surface area contributed by atoms with Gasteiger partial charge in [0, 0.05) is 38.5 Å². The molecule has 26 heavy (non-hydrogen) atoms. The number of benzene rings is 1. The number of methoxy groups -OCH3 is 1. The molecule has 0 aliphatic rings. The highest BCUT2D eigenvalue weighted by Gasteiger charge is 2.14. The van der Waals surface area contributed by atoms with Crippen molar-refractivity contribution >= 4 is 33.1 Å². The number of non-ortho nitro benzene ring substituents is 1. The Hall–Kier alpha value is -2.85. The highest BCUT2D eigenvalue weighted by molar-refractivity contribution is 7.16. The number of nitro groups is 1. The van der Waals surface area contributed by atoms with E-state index in [4.69, 9.17) is 4.74 Å². The Balaban J connectivity index is 2.13. The number of nitrogens with zero attached hydrogens (tertiary/aromatic N) is 5. The summed E-state index contributed by atoms with van der Waals surface area (Å²) >= 11 is 1.23. The average Bonchev–Trinajstić information content (AvgIpc) is 3.23. The van der Waals surface area contributed by atoms with Gasteiger partial charge in [0.05, 0.1) is 21.7 Å². The number of nitro benzene ring substituents is 1. The van der Waals surface area contributed by atoms with Crippen molar-refractivity contribution in [3.8, 4) is 0 Å². The van der Waals surface area contributed by atoms with Gasteiger partial charge in [-0.3, -0.25) is 19.6 Å². The summed E-state index contributed by atoms with van der Waals surface area (Å²) in [5.41, 5.74) is 1.17.